The van der Waals surface area contributed by atoms with Gasteiger partial charge >= 0.3 is 6.03 Å². The molecule has 0 aliphatic carbocycles. The SMILES string of the molecule is Cc1ccc(NC(=O)NC(C)C)cc1C(=O)c1cn(C(C)C)c2ncnc(N)c12. The third kappa shape index (κ3) is 4.06. The number of nitrogens with two attached hydrogens (primary N) is 1. The third-order valence-electron chi connectivity index (χ3n) is 4.60. The van der Waals surface area contributed by atoms with Crippen LogP contribution in [0.15, 0.2) is 30.7 Å². The van der Waals surface area contributed by atoms with E-state index in [1.165, 1.54) is 6.33 Å². The Morgan fingerprint density at radius 3 is 2.48 bits per heavy atom. The Balaban J connectivity index is 2.05. The van der Waals surface area contributed by atoms with Crippen LogP contribution in [0.2, 0.25) is 0 Å². The monoisotopic (exact) mass is 394 g/mol. The number of benzene rings is 1. The first kappa shape index (κ1) is 20.3. The number of urea groups is 1. The van der Waals surface area contributed by atoms with Crippen LogP contribution in [0.5, 0.6) is 0 Å². The van der Waals surface area contributed by atoms with Crippen LogP contribution in [-0.4, -0.2) is 32.4 Å². The predicted octanol–water partition coefficient (Wildman–Crippen LogP) is 3.66. The van der Waals surface area contributed by atoms with Crippen LogP contribution in [-0.2, 0) is 0 Å². The molecule has 152 valence electrons. The highest BCUT2D eigenvalue weighted by Gasteiger charge is 2.22. The number of ketones is 1. The summed E-state index contributed by atoms with van der Waals surface area (Å²) in [5.74, 6) is 0.0716. The lowest BCUT2D eigenvalue weighted by molar-refractivity contribution is 0.103. The second-order valence-electron chi connectivity index (χ2n) is 7.61. The highest BCUT2D eigenvalue weighted by Crippen LogP contribution is 2.29. The van der Waals surface area contributed by atoms with E-state index in [0.29, 0.717) is 27.8 Å². The Bertz CT molecular complexity index is 1080. The van der Waals surface area contributed by atoms with Crippen LogP contribution in [0.3, 0.4) is 0 Å². The zero-order valence-electron chi connectivity index (χ0n) is 17.3. The van der Waals surface area contributed by atoms with Crippen molar-refractivity contribution in [1.82, 2.24) is 19.9 Å². The van der Waals surface area contributed by atoms with Gasteiger partial charge in [0, 0.05) is 29.5 Å². The molecule has 0 radical (unpaired) electrons. The van der Waals surface area contributed by atoms with Gasteiger partial charge in [0.05, 0.1) is 10.9 Å². The van der Waals surface area contributed by atoms with E-state index in [-0.39, 0.29) is 29.7 Å². The maximum absolute atomic E-state index is 13.4. The van der Waals surface area contributed by atoms with Gasteiger partial charge < -0.3 is 20.9 Å². The lowest BCUT2D eigenvalue weighted by Gasteiger charge is -2.12. The van der Waals surface area contributed by atoms with Crippen LogP contribution >= 0.6 is 0 Å². The van der Waals surface area contributed by atoms with Gasteiger partial charge in [0.15, 0.2) is 5.78 Å². The first-order valence-corrected chi connectivity index (χ1v) is 9.53. The molecule has 0 spiro atoms. The Morgan fingerprint density at radius 2 is 1.83 bits per heavy atom. The minimum absolute atomic E-state index is 0.00619. The van der Waals surface area contributed by atoms with Gasteiger partial charge in [-0.15, -0.1) is 0 Å². The van der Waals surface area contributed by atoms with Crippen molar-refractivity contribution in [2.24, 2.45) is 0 Å². The normalized spacial score (nSPS) is 11.3. The molecule has 0 aliphatic heterocycles. The number of nitrogens with one attached hydrogen (secondary N) is 2. The number of carbonyl (C=O) groups is 2. The van der Waals surface area contributed by atoms with Gasteiger partial charge in [-0.25, -0.2) is 14.8 Å². The molecule has 29 heavy (non-hydrogen) atoms. The molecule has 0 atom stereocenters. The van der Waals surface area contributed by atoms with E-state index in [1.807, 2.05) is 39.2 Å². The van der Waals surface area contributed by atoms with E-state index in [9.17, 15) is 9.59 Å². The molecule has 8 heteroatoms. The minimum Gasteiger partial charge on any atom is -0.383 e. The molecule has 3 aromatic rings. The molecule has 0 bridgehead atoms. The number of amides is 2. The van der Waals surface area contributed by atoms with E-state index in [2.05, 4.69) is 20.6 Å². The van der Waals surface area contributed by atoms with Gasteiger partial charge in [-0.2, -0.15) is 0 Å². The zero-order chi connectivity index (χ0) is 21.3. The summed E-state index contributed by atoms with van der Waals surface area (Å²) >= 11 is 0. The van der Waals surface area contributed by atoms with E-state index in [1.54, 1.807) is 24.4 Å². The lowest BCUT2D eigenvalue weighted by Crippen LogP contribution is -2.34. The van der Waals surface area contributed by atoms with Crippen molar-refractivity contribution in [1.29, 1.82) is 0 Å². The van der Waals surface area contributed by atoms with E-state index in [4.69, 9.17) is 5.73 Å². The van der Waals surface area contributed by atoms with Crippen LogP contribution in [0, 0.1) is 6.92 Å². The maximum atomic E-state index is 13.4. The number of anilines is 2. The van der Waals surface area contributed by atoms with Crippen molar-refractivity contribution in [2.45, 2.75) is 46.7 Å². The maximum Gasteiger partial charge on any atom is 0.319 e. The lowest BCUT2D eigenvalue weighted by atomic mass is 9.98. The zero-order valence-corrected chi connectivity index (χ0v) is 17.3. The molecule has 0 aliphatic rings. The molecule has 8 nitrogen and oxygen atoms in total. The van der Waals surface area contributed by atoms with Gasteiger partial charge in [-0.1, -0.05) is 6.07 Å². The second kappa shape index (κ2) is 7.90. The van der Waals surface area contributed by atoms with Crippen molar-refractivity contribution in [3.63, 3.8) is 0 Å². The van der Waals surface area contributed by atoms with Gasteiger partial charge in [0.1, 0.15) is 17.8 Å². The molecule has 0 unspecified atom stereocenters. The van der Waals surface area contributed by atoms with Crippen molar-refractivity contribution >= 4 is 34.4 Å². The van der Waals surface area contributed by atoms with Crippen LogP contribution < -0.4 is 16.4 Å². The topological polar surface area (TPSA) is 115 Å². The second-order valence-corrected chi connectivity index (χ2v) is 7.61. The van der Waals surface area contributed by atoms with Crippen molar-refractivity contribution in [2.75, 3.05) is 11.1 Å². The number of fused-ring (bicyclic) bond motifs is 1. The quantitative estimate of drug-likeness (QED) is 0.571. The molecular weight excluding hydrogens is 368 g/mol. The first-order chi connectivity index (χ1) is 13.7. The van der Waals surface area contributed by atoms with Crippen molar-refractivity contribution in [3.8, 4) is 0 Å². The summed E-state index contributed by atoms with van der Waals surface area (Å²) in [5, 5.41) is 6.07. The van der Waals surface area contributed by atoms with Crippen molar-refractivity contribution < 1.29 is 9.59 Å². The van der Waals surface area contributed by atoms with Crippen molar-refractivity contribution in [3.05, 3.63) is 47.4 Å². The molecule has 2 heterocycles. The number of hydrogen-bond donors (Lipinski definition) is 3. The molecule has 1 aromatic carbocycles. The first-order valence-electron chi connectivity index (χ1n) is 9.53. The Morgan fingerprint density at radius 1 is 1.10 bits per heavy atom. The summed E-state index contributed by atoms with van der Waals surface area (Å²) in [6.07, 6.45) is 3.17. The third-order valence-corrected chi connectivity index (χ3v) is 4.60. The number of nitrogen functional groups attached to an aromatic ring is 1. The smallest absolute Gasteiger partial charge is 0.319 e. The molecule has 0 saturated carbocycles. The van der Waals surface area contributed by atoms with Gasteiger partial charge in [0.2, 0.25) is 0 Å². The number of nitrogens with zero attached hydrogens (tertiary/aromatic N) is 3. The molecule has 3 rings (SSSR count). The number of rotatable bonds is 5. The number of hydrogen-bond acceptors (Lipinski definition) is 5. The molecule has 0 fully saturated rings. The molecule has 2 amide bonds. The summed E-state index contributed by atoms with van der Waals surface area (Å²) in [7, 11) is 0. The fourth-order valence-electron chi connectivity index (χ4n) is 3.19. The molecular formula is C21H26N6O2. The fourth-order valence-corrected chi connectivity index (χ4v) is 3.19. The van der Waals surface area contributed by atoms with Gasteiger partial charge in [0.25, 0.3) is 0 Å². The number of aromatic nitrogens is 3. The average molecular weight is 394 g/mol. The minimum atomic E-state index is -0.323. The molecule has 0 saturated heterocycles. The predicted molar refractivity (Wildman–Crippen MR) is 114 cm³/mol. The van der Waals surface area contributed by atoms with Gasteiger partial charge in [-0.3, -0.25) is 4.79 Å². The van der Waals surface area contributed by atoms with Crippen LogP contribution in [0.25, 0.3) is 11.0 Å². The Hall–Kier alpha value is -3.42. The van der Waals surface area contributed by atoms with E-state index in [0.717, 1.165) is 5.56 Å². The van der Waals surface area contributed by atoms with E-state index < -0.39 is 0 Å². The summed E-state index contributed by atoms with van der Waals surface area (Å²) < 4.78 is 1.91. The summed E-state index contributed by atoms with van der Waals surface area (Å²) in [4.78, 5) is 33.8. The number of aryl methyl sites for hydroxylation is 1. The summed E-state index contributed by atoms with van der Waals surface area (Å²) in [6.45, 7) is 9.62. The summed E-state index contributed by atoms with van der Waals surface area (Å²) in [6, 6.07) is 5.03. The Labute approximate surface area is 169 Å². The Kier molecular flexibility index (Phi) is 5.54. The van der Waals surface area contributed by atoms with Crippen LogP contribution in [0.4, 0.5) is 16.3 Å². The molecule has 2 aromatic heterocycles. The summed E-state index contributed by atoms with van der Waals surface area (Å²) in [5.41, 5.74) is 8.97. The fraction of sp³-hybridized carbons (Fsp3) is 0.333. The highest BCUT2D eigenvalue weighted by atomic mass is 16.2. The highest BCUT2D eigenvalue weighted by molar-refractivity contribution is 6.19. The molecule has 4 N–H and O–H groups in total. The van der Waals surface area contributed by atoms with Crippen LogP contribution in [0.1, 0.15) is 55.2 Å². The largest absolute Gasteiger partial charge is 0.383 e. The standard InChI is InChI=1S/C21H26N6O2/c1-11(2)25-21(29)26-14-7-6-13(5)15(8-14)18(28)16-9-27(12(3)4)20-17(16)19(22)23-10-24-20/h6-12H,1-5H3,(H2,22,23,24)(H2,25,26,29). The van der Waals surface area contributed by atoms with Gasteiger partial charge in [-0.05, 0) is 52.3 Å². The number of carbonyl (C=O) groups excluding carboxylic acids is 2. The average Bonchev–Trinajstić information content (AvgIpc) is 3.03. The van der Waals surface area contributed by atoms with E-state index >= 15 is 0 Å².